The van der Waals surface area contributed by atoms with Crippen LogP contribution < -0.4 is 10.9 Å². The van der Waals surface area contributed by atoms with Crippen molar-refractivity contribution in [3.8, 4) is 0 Å². The van der Waals surface area contributed by atoms with Crippen LogP contribution in [0, 0.1) is 0 Å². The van der Waals surface area contributed by atoms with Gasteiger partial charge in [0.05, 0.1) is 0 Å². The van der Waals surface area contributed by atoms with Crippen LogP contribution in [0.15, 0.2) is 10.2 Å². The van der Waals surface area contributed by atoms with E-state index in [0.29, 0.717) is 0 Å². The molecule has 0 unspecified atom stereocenters. The molecule has 0 saturated carbocycles. The molecular weight excluding hydrogens is 160 g/mol. The summed E-state index contributed by atoms with van der Waals surface area (Å²) >= 11 is 0. The number of rotatable bonds is 2. The highest BCUT2D eigenvalue weighted by atomic mass is 16.2. The van der Waals surface area contributed by atoms with E-state index in [4.69, 9.17) is 0 Å². The highest BCUT2D eigenvalue weighted by Gasteiger charge is 2.10. The first-order valence-corrected chi connectivity index (χ1v) is 3.28. The van der Waals surface area contributed by atoms with E-state index in [-0.39, 0.29) is 0 Å². The Balaban J connectivity index is 3.85. The molecule has 0 rings (SSSR count). The second-order valence-corrected chi connectivity index (χ2v) is 1.66. The van der Waals surface area contributed by atoms with E-state index in [2.05, 4.69) is 10.2 Å². The van der Waals surface area contributed by atoms with Gasteiger partial charge in [-0.05, 0) is 13.8 Å². The predicted molar refractivity (Wildman–Crippen MR) is 44.6 cm³/mol. The van der Waals surface area contributed by atoms with Crippen molar-refractivity contribution in [2.24, 2.45) is 10.2 Å². The molecule has 0 aromatic carbocycles. The number of hydrogen-bond acceptors (Lipinski definition) is 4. The van der Waals surface area contributed by atoms with Crippen LogP contribution in [0.4, 0.5) is 0 Å². The fraction of sp³-hybridized carbons (Fsp3) is 0.333. The minimum atomic E-state index is -0.848. The molecule has 0 bridgehead atoms. The van der Waals surface area contributed by atoms with Gasteiger partial charge in [-0.25, -0.2) is 10.9 Å². The van der Waals surface area contributed by atoms with Crippen molar-refractivity contribution in [3.63, 3.8) is 0 Å². The lowest BCUT2D eigenvalue weighted by Gasteiger charge is -1.95. The molecule has 0 radical (unpaired) electrons. The number of carbonyl (C=O) groups excluding carboxylic acids is 2. The van der Waals surface area contributed by atoms with Gasteiger partial charge in [-0.1, -0.05) is 0 Å². The second kappa shape index (κ2) is 6.02. The van der Waals surface area contributed by atoms with Crippen LogP contribution in [0.3, 0.4) is 0 Å². The molecule has 0 fully saturated rings. The maximum Gasteiger partial charge on any atom is 0.331 e. The molecule has 0 aromatic rings. The molecule has 2 N–H and O–H groups in total. The monoisotopic (exact) mass is 170 g/mol. The van der Waals surface area contributed by atoms with Crippen molar-refractivity contribution >= 4 is 24.2 Å². The average molecular weight is 170 g/mol. The number of carbonyl (C=O) groups is 2. The normalized spacial score (nSPS) is 10.5. The van der Waals surface area contributed by atoms with Crippen molar-refractivity contribution in [1.82, 2.24) is 10.9 Å². The summed E-state index contributed by atoms with van der Waals surface area (Å²) in [6, 6.07) is 0. The minimum Gasteiger partial charge on any atom is -0.262 e. The van der Waals surface area contributed by atoms with E-state index >= 15 is 0 Å². The summed E-state index contributed by atoms with van der Waals surface area (Å²) in [5, 5.41) is 6.73. The molecule has 6 nitrogen and oxygen atoms in total. The SMILES string of the molecule is C/C=N/NC(=O)C(=O)N/N=C/C. The fourth-order valence-corrected chi connectivity index (χ4v) is 0.348. The molecule has 12 heavy (non-hydrogen) atoms. The van der Waals surface area contributed by atoms with Gasteiger partial charge in [0.15, 0.2) is 0 Å². The molecule has 0 aliphatic carbocycles. The zero-order valence-corrected chi connectivity index (χ0v) is 6.87. The van der Waals surface area contributed by atoms with Crippen molar-refractivity contribution in [2.45, 2.75) is 13.8 Å². The highest BCUT2D eigenvalue weighted by Crippen LogP contribution is 1.68. The van der Waals surface area contributed by atoms with Crippen molar-refractivity contribution in [3.05, 3.63) is 0 Å². The first kappa shape index (κ1) is 10.3. The molecule has 66 valence electrons. The van der Waals surface area contributed by atoms with Crippen molar-refractivity contribution < 1.29 is 9.59 Å². The highest BCUT2D eigenvalue weighted by molar-refractivity contribution is 6.35. The quantitative estimate of drug-likeness (QED) is 0.324. The number of hydrogen-bond donors (Lipinski definition) is 2. The molecule has 0 aromatic heterocycles. The summed E-state index contributed by atoms with van der Waals surface area (Å²) in [5.41, 5.74) is 3.97. The summed E-state index contributed by atoms with van der Waals surface area (Å²) in [6.07, 6.45) is 2.71. The summed E-state index contributed by atoms with van der Waals surface area (Å²) < 4.78 is 0. The van der Waals surface area contributed by atoms with E-state index in [1.807, 2.05) is 10.9 Å². The van der Waals surface area contributed by atoms with Gasteiger partial charge < -0.3 is 0 Å². The molecule has 6 heteroatoms. The lowest BCUT2D eigenvalue weighted by molar-refractivity contribution is -0.139. The van der Waals surface area contributed by atoms with Gasteiger partial charge in [0.25, 0.3) is 0 Å². The van der Waals surface area contributed by atoms with Gasteiger partial charge in [0.1, 0.15) is 0 Å². The first-order chi connectivity index (χ1) is 5.72. The predicted octanol–water partition coefficient (Wildman–Crippen LogP) is -0.770. The Morgan fingerprint density at radius 1 is 1.00 bits per heavy atom. The molecule has 0 aliphatic heterocycles. The third kappa shape index (κ3) is 4.15. The van der Waals surface area contributed by atoms with E-state index in [9.17, 15) is 9.59 Å². The van der Waals surface area contributed by atoms with Crippen LogP contribution in [0.25, 0.3) is 0 Å². The van der Waals surface area contributed by atoms with Crippen molar-refractivity contribution in [2.75, 3.05) is 0 Å². The summed E-state index contributed by atoms with van der Waals surface area (Å²) in [5.74, 6) is -1.70. The average Bonchev–Trinajstić information content (AvgIpc) is 2.10. The standard InChI is InChI=1S/C6H10N4O2/c1-3-7-9-5(11)6(12)10-8-4-2/h3-4H,1-2H3,(H,9,11)(H,10,12)/b7-3+,8-4+. The minimum absolute atomic E-state index is 0.848. The lowest BCUT2D eigenvalue weighted by atomic mass is 10.6. The smallest absolute Gasteiger partial charge is 0.262 e. The number of nitrogens with one attached hydrogen (secondary N) is 2. The number of nitrogens with zero attached hydrogens (tertiary/aromatic N) is 2. The maximum atomic E-state index is 10.7. The molecule has 0 aliphatic rings. The van der Waals surface area contributed by atoms with Crippen LogP contribution in [0.2, 0.25) is 0 Å². The van der Waals surface area contributed by atoms with E-state index in [1.165, 1.54) is 12.4 Å². The van der Waals surface area contributed by atoms with Crippen LogP contribution in [-0.2, 0) is 9.59 Å². The van der Waals surface area contributed by atoms with Crippen LogP contribution >= 0.6 is 0 Å². The van der Waals surface area contributed by atoms with Gasteiger partial charge in [-0.2, -0.15) is 10.2 Å². The van der Waals surface area contributed by atoms with Crippen LogP contribution in [0.5, 0.6) is 0 Å². The third-order valence-electron chi connectivity index (χ3n) is 0.797. The summed E-state index contributed by atoms with van der Waals surface area (Å²) in [7, 11) is 0. The number of hydrazone groups is 2. The second-order valence-electron chi connectivity index (χ2n) is 1.66. The van der Waals surface area contributed by atoms with Crippen LogP contribution in [-0.4, -0.2) is 24.2 Å². The van der Waals surface area contributed by atoms with Crippen molar-refractivity contribution in [1.29, 1.82) is 0 Å². The topological polar surface area (TPSA) is 82.9 Å². The van der Waals surface area contributed by atoms with Gasteiger partial charge in [0, 0.05) is 12.4 Å². The van der Waals surface area contributed by atoms with Gasteiger partial charge in [-0.15, -0.1) is 0 Å². The van der Waals surface area contributed by atoms with Gasteiger partial charge in [-0.3, -0.25) is 9.59 Å². The van der Waals surface area contributed by atoms with E-state index in [0.717, 1.165) is 0 Å². The molecule has 2 amide bonds. The fourth-order valence-electron chi connectivity index (χ4n) is 0.348. The summed E-state index contributed by atoms with van der Waals surface area (Å²) in [6.45, 7) is 3.23. The largest absolute Gasteiger partial charge is 0.331 e. The maximum absolute atomic E-state index is 10.7. The van der Waals surface area contributed by atoms with Gasteiger partial charge in [0.2, 0.25) is 0 Å². The van der Waals surface area contributed by atoms with Gasteiger partial charge >= 0.3 is 11.8 Å². The Labute approximate surface area is 69.7 Å². The van der Waals surface area contributed by atoms with E-state index in [1.54, 1.807) is 13.8 Å². The summed E-state index contributed by atoms with van der Waals surface area (Å²) in [4.78, 5) is 21.4. The van der Waals surface area contributed by atoms with E-state index < -0.39 is 11.8 Å². The number of amides is 2. The Bertz CT molecular complexity index is 198. The zero-order chi connectivity index (χ0) is 9.40. The Morgan fingerprint density at radius 2 is 1.33 bits per heavy atom. The molecule has 0 heterocycles. The lowest BCUT2D eigenvalue weighted by Crippen LogP contribution is -2.35. The molecule has 0 atom stereocenters. The molecule has 0 spiro atoms. The zero-order valence-electron chi connectivity index (χ0n) is 6.87. The van der Waals surface area contributed by atoms with Crippen LogP contribution in [0.1, 0.15) is 13.8 Å². The molecule has 0 saturated heterocycles. The first-order valence-electron chi connectivity index (χ1n) is 3.28. The molecular formula is C6H10N4O2. The Morgan fingerprint density at radius 3 is 1.58 bits per heavy atom. The Hall–Kier alpha value is -1.72. The third-order valence-corrected chi connectivity index (χ3v) is 0.797. The Kier molecular flexibility index (Phi) is 5.16.